The first-order valence-electron chi connectivity index (χ1n) is 11.8. The molecular weight excluding hydrogens is 563 g/mol. The van der Waals surface area contributed by atoms with Gasteiger partial charge in [-0.2, -0.15) is 18.3 Å². The van der Waals surface area contributed by atoms with Gasteiger partial charge in [0, 0.05) is 27.8 Å². The van der Waals surface area contributed by atoms with Crippen molar-refractivity contribution in [2.24, 2.45) is 0 Å². The fourth-order valence-electron chi connectivity index (χ4n) is 4.29. The van der Waals surface area contributed by atoms with Crippen LogP contribution in [0, 0.1) is 0 Å². The topological polar surface area (TPSA) is 108 Å². The Morgan fingerprint density at radius 2 is 1.65 bits per heavy atom. The number of carboxylic acid groups (broad SMARTS) is 1. The van der Waals surface area contributed by atoms with Crippen LogP contribution in [0.25, 0.3) is 27.5 Å². The van der Waals surface area contributed by atoms with E-state index in [9.17, 15) is 31.8 Å². The summed E-state index contributed by atoms with van der Waals surface area (Å²) in [5.41, 5.74) is 2.94. The number of aromatic carboxylic acids is 1. The first kappa shape index (κ1) is 27.4. The standard InChI is InChI=1S/C28H20F3N3O4S2/c29-28(30,31)15-24-22(13-17-9-11-21(12-10-17)40(37)38)25(33-34(24)27-32-23(16-39-27)26(35)36)20-8-4-7-19(14-20)18-5-2-1-3-6-18/h1-12,14,16H,13,15H2,(H,35,36)(H,37,38)/p-1. The van der Waals surface area contributed by atoms with Crippen LogP contribution in [0.5, 0.6) is 0 Å². The SMILES string of the molecule is O=C(O)c1csc(-n2nc(-c3cccc(-c4ccccc4)c3)c(Cc3ccc(S(=O)[O-])cc3)c2CC(F)(F)F)n1. The van der Waals surface area contributed by atoms with E-state index in [1.807, 2.05) is 42.5 Å². The Kier molecular flexibility index (Phi) is 7.66. The van der Waals surface area contributed by atoms with E-state index in [1.165, 1.54) is 29.6 Å². The lowest BCUT2D eigenvalue weighted by molar-refractivity contribution is -0.128. The van der Waals surface area contributed by atoms with Crippen LogP contribution in [0.4, 0.5) is 13.2 Å². The van der Waals surface area contributed by atoms with Gasteiger partial charge in [-0.1, -0.05) is 60.7 Å². The van der Waals surface area contributed by atoms with Gasteiger partial charge in [-0.25, -0.2) is 14.5 Å². The zero-order chi connectivity index (χ0) is 28.4. The molecule has 1 unspecified atom stereocenters. The van der Waals surface area contributed by atoms with Gasteiger partial charge in [-0.3, -0.25) is 4.21 Å². The summed E-state index contributed by atoms with van der Waals surface area (Å²) in [6.45, 7) is 0. The van der Waals surface area contributed by atoms with Gasteiger partial charge >= 0.3 is 12.1 Å². The minimum absolute atomic E-state index is 0.0131. The Morgan fingerprint density at radius 3 is 2.27 bits per heavy atom. The second-order valence-electron chi connectivity index (χ2n) is 8.80. The average molecular weight is 583 g/mol. The van der Waals surface area contributed by atoms with Crippen molar-refractivity contribution in [1.82, 2.24) is 14.8 Å². The molecule has 0 saturated carbocycles. The largest absolute Gasteiger partial charge is 0.768 e. The highest BCUT2D eigenvalue weighted by molar-refractivity contribution is 7.79. The van der Waals surface area contributed by atoms with E-state index in [0.717, 1.165) is 27.1 Å². The maximum Gasteiger partial charge on any atom is 0.394 e. The smallest absolute Gasteiger partial charge is 0.394 e. The first-order valence-corrected chi connectivity index (χ1v) is 13.8. The molecular formula is C28H19F3N3O4S2-. The summed E-state index contributed by atoms with van der Waals surface area (Å²) < 4.78 is 65.4. The van der Waals surface area contributed by atoms with Crippen LogP contribution in [0.2, 0.25) is 0 Å². The van der Waals surface area contributed by atoms with Gasteiger partial charge < -0.3 is 9.66 Å². The van der Waals surface area contributed by atoms with Gasteiger partial charge in [-0.15, -0.1) is 11.3 Å². The molecule has 5 aromatic rings. The molecule has 5 rings (SSSR count). The lowest BCUT2D eigenvalue weighted by Crippen LogP contribution is -2.17. The van der Waals surface area contributed by atoms with Crippen LogP contribution in [0.1, 0.15) is 27.3 Å². The van der Waals surface area contributed by atoms with Crippen molar-refractivity contribution in [1.29, 1.82) is 0 Å². The number of rotatable bonds is 8. The number of benzene rings is 3. The number of hydrogen-bond donors (Lipinski definition) is 1. The summed E-state index contributed by atoms with van der Waals surface area (Å²) in [5, 5.41) is 15.1. The number of thiazole rings is 1. The fraction of sp³-hybridized carbons (Fsp3) is 0.107. The van der Waals surface area contributed by atoms with Gasteiger partial charge in [0.2, 0.25) is 5.13 Å². The Bertz CT molecular complexity index is 1700. The van der Waals surface area contributed by atoms with E-state index in [-0.39, 0.29) is 39.1 Å². The van der Waals surface area contributed by atoms with Crippen molar-refractivity contribution in [3.8, 4) is 27.5 Å². The van der Waals surface area contributed by atoms with Crippen LogP contribution in [-0.2, 0) is 23.9 Å². The predicted octanol–water partition coefficient (Wildman–Crippen LogP) is 6.29. The zero-order valence-electron chi connectivity index (χ0n) is 20.5. The second-order valence-corrected chi connectivity index (χ2v) is 10.6. The minimum Gasteiger partial charge on any atom is -0.768 e. The highest BCUT2D eigenvalue weighted by Crippen LogP contribution is 2.35. The van der Waals surface area contributed by atoms with Crippen molar-refractivity contribution in [3.05, 3.63) is 107 Å². The Morgan fingerprint density at radius 1 is 0.975 bits per heavy atom. The van der Waals surface area contributed by atoms with Gasteiger partial charge in [0.15, 0.2) is 5.69 Å². The molecule has 0 saturated heterocycles. The maximum absolute atomic E-state index is 13.9. The highest BCUT2D eigenvalue weighted by atomic mass is 32.2. The van der Waals surface area contributed by atoms with Gasteiger partial charge in [0.05, 0.1) is 17.8 Å². The summed E-state index contributed by atoms with van der Waals surface area (Å²) in [7, 11) is 0. The summed E-state index contributed by atoms with van der Waals surface area (Å²) >= 11 is -1.58. The first-order chi connectivity index (χ1) is 19.1. The molecule has 0 spiro atoms. The van der Waals surface area contributed by atoms with E-state index in [2.05, 4.69) is 10.1 Å². The van der Waals surface area contributed by atoms with Crippen LogP contribution >= 0.6 is 11.3 Å². The molecule has 7 nitrogen and oxygen atoms in total. The molecule has 1 N–H and O–H groups in total. The van der Waals surface area contributed by atoms with Crippen LogP contribution < -0.4 is 0 Å². The lowest BCUT2D eigenvalue weighted by atomic mass is 9.95. The van der Waals surface area contributed by atoms with Crippen molar-refractivity contribution in [3.63, 3.8) is 0 Å². The molecule has 12 heteroatoms. The van der Waals surface area contributed by atoms with Crippen LogP contribution in [-0.4, -0.2) is 40.8 Å². The van der Waals surface area contributed by atoms with E-state index in [4.69, 9.17) is 0 Å². The van der Waals surface area contributed by atoms with E-state index in [1.54, 1.807) is 12.1 Å². The molecule has 0 amide bonds. The maximum atomic E-state index is 13.9. The zero-order valence-corrected chi connectivity index (χ0v) is 22.1. The number of halogens is 3. The molecule has 0 aliphatic carbocycles. The van der Waals surface area contributed by atoms with E-state index >= 15 is 0 Å². The number of nitrogens with zero attached hydrogens (tertiary/aromatic N) is 3. The van der Waals surface area contributed by atoms with Gasteiger partial charge in [-0.05, 0) is 46.0 Å². The lowest BCUT2D eigenvalue weighted by Gasteiger charge is -2.12. The molecule has 3 aromatic carbocycles. The number of carbonyl (C=O) groups is 1. The third kappa shape index (κ3) is 6.03. The quantitative estimate of drug-likeness (QED) is 0.215. The Labute approximate surface area is 232 Å². The number of carboxylic acids is 1. The van der Waals surface area contributed by atoms with Crippen LogP contribution in [0.15, 0.2) is 89.1 Å². The van der Waals surface area contributed by atoms with E-state index in [0.29, 0.717) is 11.1 Å². The molecule has 0 aliphatic heterocycles. The Hall–Kier alpha value is -4.13. The molecule has 40 heavy (non-hydrogen) atoms. The molecule has 204 valence electrons. The average Bonchev–Trinajstić information content (AvgIpc) is 3.55. The van der Waals surface area contributed by atoms with Crippen molar-refractivity contribution in [2.75, 3.05) is 0 Å². The number of aromatic nitrogens is 3. The van der Waals surface area contributed by atoms with Gasteiger partial charge in [0.25, 0.3) is 0 Å². The molecule has 0 aliphatic rings. The number of hydrogen-bond acceptors (Lipinski definition) is 6. The van der Waals surface area contributed by atoms with Crippen molar-refractivity contribution >= 4 is 28.4 Å². The normalized spacial score (nSPS) is 12.4. The third-order valence-electron chi connectivity index (χ3n) is 6.09. The second kappa shape index (κ2) is 11.2. The van der Waals surface area contributed by atoms with E-state index < -0.39 is 29.6 Å². The molecule has 2 heterocycles. The highest BCUT2D eigenvalue weighted by Gasteiger charge is 2.34. The minimum atomic E-state index is -4.61. The monoisotopic (exact) mass is 582 g/mol. The predicted molar refractivity (Wildman–Crippen MR) is 143 cm³/mol. The summed E-state index contributed by atoms with van der Waals surface area (Å²) in [5.74, 6) is -1.31. The summed E-state index contributed by atoms with van der Waals surface area (Å²) in [6.07, 6.45) is -5.93. The third-order valence-corrected chi connectivity index (χ3v) is 7.56. The molecule has 1 atom stereocenters. The Balaban J connectivity index is 1.71. The van der Waals surface area contributed by atoms with Crippen molar-refractivity contribution < 1.29 is 31.8 Å². The summed E-state index contributed by atoms with van der Waals surface area (Å²) in [6, 6.07) is 22.5. The fourth-order valence-corrected chi connectivity index (χ4v) is 5.42. The van der Waals surface area contributed by atoms with Crippen LogP contribution in [0.3, 0.4) is 0 Å². The molecule has 0 radical (unpaired) electrons. The van der Waals surface area contributed by atoms with Gasteiger partial charge in [0.1, 0.15) is 0 Å². The molecule has 2 aromatic heterocycles. The van der Waals surface area contributed by atoms with Crippen molar-refractivity contribution in [2.45, 2.75) is 23.9 Å². The molecule has 0 bridgehead atoms. The number of alkyl halides is 3. The summed E-state index contributed by atoms with van der Waals surface area (Å²) in [4.78, 5) is 15.5. The molecule has 0 fully saturated rings.